The van der Waals surface area contributed by atoms with Crippen molar-refractivity contribution in [3.05, 3.63) is 71.8 Å². The van der Waals surface area contributed by atoms with Gasteiger partial charge in [-0.1, -0.05) is 60.7 Å². The SMILES string of the molecule is C=C(C)C1c2ccccc2-c2ccccc21. The van der Waals surface area contributed by atoms with E-state index in [1.54, 1.807) is 0 Å². The predicted molar refractivity (Wildman–Crippen MR) is 68.5 cm³/mol. The molecule has 0 heterocycles. The van der Waals surface area contributed by atoms with Gasteiger partial charge in [0.05, 0.1) is 0 Å². The molecular weight excluding hydrogens is 192 g/mol. The summed E-state index contributed by atoms with van der Waals surface area (Å²) >= 11 is 0. The fourth-order valence-electron chi connectivity index (χ4n) is 2.69. The zero-order chi connectivity index (χ0) is 11.1. The molecule has 0 heteroatoms. The highest BCUT2D eigenvalue weighted by Gasteiger charge is 2.27. The summed E-state index contributed by atoms with van der Waals surface area (Å²) in [5, 5.41) is 0. The van der Waals surface area contributed by atoms with Gasteiger partial charge in [-0.3, -0.25) is 0 Å². The molecule has 0 radical (unpaired) electrons. The number of allylic oxidation sites excluding steroid dienone is 1. The molecule has 16 heavy (non-hydrogen) atoms. The van der Waals surface area contributed by atoms with Crippen molar-refractivity contribution in [3.63, 3.8) is 0 Å². The average molecular weight is 206 g/mol. The molecule has 1 aliphatic carbocycles. The van der Waals surface area contributed by atoms with Gasteiger partial charge in [0, 0.05) is 5.92 Å². The van der Waals surface area contributed by atoms with Crippen LogP contribution in [0.5, 0.6) is 0 Å². The molecule has 0 unspecified atom stereocenters. The molecule has 0 aliphatic heterocycles. The summed E-state index contributed by atoms with van der Waals surface area (Å²) in [5.41, 5.74) is 6.75. The van der Waals surface area contributed by atoms with Crippen LogP contribution in [0.2, 0.25) is 0 Å². The average Bonchev–Trinajstić information content (AvgIpc) is 2.63. The molecule has 0 amide bonds. The predicted octanol–water partition coefficient (Wildman–Crippen LogP) is 4.38. The minimum Gasteiger partial charge on any atom is -0.0992 e. The van der Waals surface area contributed by atoms with E-state index in [-0.39, 0.29) is 0 Å². The minimum absolute atomic E-state index is 0.382. The third kappa shape index (κ3) is 1.16. The Bertz CT molecular complexity index is 518. The first kappa shape index (κ1) is 9.41. The second-order valence-electron chi connectivity index (χ2n) is 4.45. The lowest BCUT2D eigenvalue weighted by Gasteiger charge is -2.12. The van der Waals surface area contributed by atoms with Crippen LogP contribution < -0.4 is 0 Å². The Balaban J connectivity index is 2.34. The molecule has 0 atom stereocenters. The smallest absolute Gasteiger partial charge is 0.0305 e. The van der Waals surface area contributed by atoms with Gasteiger partial charge < -0.3 is 0 Å². The maximum atomic E-state index is 4.13. The van der Waals surface area contributed by atoms with Crippen LogP contribution in [-0.4, -0.2) is 0 Å². The normalized spacial score (nSPS) is 13.3. The minimum atomic E-state index is 0.382. The van der Waals surface area contributed by atoms with Gasteiger partial charge in [0.1, 0.15) is 0 Å². The van der Waals surface area contributed by atoms with Crippen molar-refractivity contribution in [2.24, 2.45) is 0 Å². The van der Waals surface area contributed by atoms with E-state index in [0.29, 0.717) is 5.92 Å². The Morgan fingerprint density at radius 2 is 1.31 bits per heavy atom. The zero-order valence-electron chi connectivity index (χ0n) is 9.40. The number of rotatable bonds is 1. The van der Waals surface area contributed by atoms with Crippen molar-refractivity contribution in [2.45, 2.75) is 12.8 Å². The molecule has 0 saturated carbocycles. The van der Waals surface area contributed by atoms with Gasteiger partial charge in [0.15, 0.2) is 0 Å². The number of hydrogen-bond donors (Lipinski definition) is 0. The summed E-state index contributed by atoms with van der Waals surface area (Å²) < 4.78 is 0. The van der Waals surface area contributed by atoms with Crippen molar-refractivity contribution in [1.29, 1.82) is 0 Å². The van der Waals surface area contributed by atoms with Crippen molar-refractivity contribution >= 4 is 0 Å². The van der Waals surface area contributed by atoms with Crippen molar-refractivity contribution in [2.75, 3.05) is 0 Å². The molecule has 0 nitrogen and oxygen atoms in total. The van der Waals surface area contributed by atoms with E-state index in [1.165, 1.54) is 27.8 Å². The third-order valence-corrected chi connectivity index (χ3v) is 3.33. The van der Waals surface area contributed by atoms with Crippen molar-refractivity contribution in [3.8, 4) is 11.1 Å². The second-order valence-corrected chi connectivity index (χ2v) is 4.45. The Labute approximate surface area is 96.3 Å². The van der Waals surface area contributed by atoms with Crippen molar-refractivity contribution in [1.82, 2.24) is 0 Å². The molecule has 1 aliphatic rings. The van der Waals surface area contributed by atoms with Gasteiger partial charge >= 0.3 is 0 Å². The highest BCUT2D eigenvalue weighted by atomic mass is 14.3. The van der Waals surface area contributed by atoms with Gasteiger partial charge in [-0.25, -0.2) is 0 Å². The van der Waals surface area contributed by atoms with Crippen LogP contribution in [-0.2, 0) is 0 Å². The zero-order valence-corrected chi connectivity index (χ0v) is 9.40. The lowest BCUT2D eigenvalue weighted by molar-refractivity contribution is 0.986. The van der Waals surface area contributed by atoms with Crippen LogP contribution in [0.3, 0.4) is 0 Å². The number of benzene rings is 2. The van der Waals surface area contributed by atoms with Crippen LogP contribution in [0.4, 0.5) is 0 Å². The van der Waals surface area contributed by atoms with Gasteiger partial charge in [0.2, 0.25) is 0 Å². The van der Waals surface area contributed by atoms with Crippen molar-refractivity contribution < 1.29 is 0 Å². The van der Waals surface area contributed by atoms with E-state index in [0.717, 1.165) is 0 Å². The molecule has 0 fully saturated rings. The molecule has 0 aromatic heterocycles. The molecular formula is C16H14. The summed E-state index contributed by atoms with van der Waals surface area (Å²) in [6, 6.07) is 17.3. The topological polar surface area (TPSA) is 0 Å². The number of hydrogen-bond acceptors (Lipinski definition) is 0. The second kappa shape index (κ2) is 3.34. The lowest BCUT2D eigenvalue weighted by Crippen LogP contribution is -1.96. The number of fused-ring (bicyclic) bond motifs is 3. The van der Waals surface area contributed by atoms with Gasteiger partial charge in [0.25, 0.3) is 0 Å². The summed E-state index contributed by atoms with van der Waals surface area (Å²) in [4.78, 5) is 0. The Morgan fingerprint density at radius 1 is 0.875 bits per heavy atom. The molecule has 0 saturated heterocycles. The Hall–Kier alpha value is -1.82. The highest BCUT2D eigenvalue weighted by molar-refractivity contribution is 5.80. The van der Waals surface area contributed by atoms with Crippen LogP contribution >= 0.6 is 0 Å². The fraction of sp³-hybridized carbons (Fsp3) is 0.125. The first-order valence-corrected chi connectivity index (χ1v) is 5.62. The molecule has 2 aromatic rings. The largest absolute Gasteiger partial charge is 0.0992 e. The van der Waals surface area contributed by atoms with Crippen LogP contribution in [0.25, 0.3) is 11.1 Å². The molecule has 0 N–H and O–H groups in total. The fourth-order valence-corrected chi connectivity index (χ4v) is 2.69. The summed E-state index contributed by atoms with van der Waals surface area (Å²) in [6.07, 6.45) is 0. The van der Waals surface area contributed by atoms with E-state index < -0.39 is 0 Å². The molecule has 0 spiro atoms. The summed E-state index contributed by atoms with van der Waals surface area (Å²) in [7, 11) is 0. The Morgan fingerprint density at radius 3 is 1.75 bits per heavy atom. The van der Waals surface area contributed by atoms with Gasteiger partial charge in [-0.05, 0) is 29.2 Å². The standard InChI is InChI=1S/C16H14/c1-11(2)16-14-9-5-3-7-12(14)13-8-4-6-10-15(13)16/h3-10,16H,1H2,2H3. The quantitative estimate of drug-likeness (QED) is 0.607. The molecule has 2 aromatic carbocycles. The van der Waals surface area contributed by atoms with Crippen LogP contribution in [0.15, 0.2) is 60.7 Å². The maximum absolute atomic E-state index is 4.13. The molecule has 78 valence electrons. The first-order valence-electron chi connectivity index (χ1n) is 5.62. The summed E-state index contributed by atoms with van der Waals surface area (Å²) in [6.45, 7) is 6.25. The summed E-state index contributed by atoms with van der Waals surface area (Å²) in [5.74, 6) is 0.382. The highest BCUT2D eigenvalue weighted by Crippen LogP contribution is 2.47. The van der Waals surface area contributed by atoms with Gasteiger partial charge in [-0.15, -0.1) is 0 Å². The monoisotopic (exact) mass is 206 g/mol. The Kier molecular flexibility index (Phi) is 1.97. The van der Waals surface area contributed by atoms with E-state index in [1.807, 2.05) is 0 Å². The van der Waals surface area contributed by atoms with E-state index in [9.17, 15) is 0 Å². The van der Waals surface area contributed by atoms with Crippen LogP contribution in [0, 0.1) is 0 Å². The van der Waals surface area contributed by atoms with Crippen LogP contribution in [0.1, 0.15) is 24.0 Å². The first-order chi connectivity index (χ1) is 7.79. The van der Waals surface area contributed by atoms with Gasteiger partial charge in [-0.2, -0.15) is 0 Å². The van der Waals surface area contributed by atoms with E-state index >= 15 is 0 Å². The molecule has 0 bridgehead atoms. The maximum Gasteiger partial charge on any atom is 0.0305 e. The van der Waals surface area contributed by atoms with E-state index in [4.69, 9.17) is 0 Å². The lowest BCUT2D eigenvalue weighted by atomic mass is 9.91. The molecule has 3 rings (SSSR count). The third-order valence-electron chi connectivity index (χ3n) is 3.33. The van der Waals surface area contributed by atoms with E-state index in [2.05, 4.69) is 62.0 Å².